The Morgan fingerprint density at radius 2 is 1.94 bits per heavy atom. The molecule has 1 atom stereocenters. The molecule has 94 valence electrons. The molecule has 0 aliphatic rings. The Kier molecular flexibility index (Phi) is 3.95. The largest absolute Gasteiger partial charge is 0.389 e. The van der Waals surface area contributed by atoms with Gasteiger partial charge in [0.1, 0.15) is 0 Å². The molecule has 0 bridgehead atoms. The number of aliphatic hydroxyl groups excluding tert-OH is 1. The lowest BCUT2D eigenvalue weighted by atomic mass is 10.1. The second-order valence-electron chi connectivity index (χ2n) is 4.48. The second-order valence-corrected chi connectivity index (χ2v) is 4.48. The van der Waals surface area contributed by atoms with E-state index in [9.17, 15) is 5.11 Å². The van der Waals surface area contributed by atoms with Crippen molar-refractivity contribution in [3.63, 3.8) is 0 Å². The van der Waals surface area contributed by atoms with E-state index in [1.165, 1.54) is 5.56 Å². The highest BCUT2D eigenvalue weighted by molar-refractivity contribution is 5.47. The minimum absolute atomic E-state index is 0.414. The molecule has 0 radical (unpaired) electrons. The lowest BCUT2D eigenvalue weighted by Crippen LogP contribution is -2.16. The summed E-state index contributed by atoms with van der Waals surface area (Å²) < 4.78 is 0. The van der Waals surface area contributed by atoms with Crippen molar-refractivity contribution in [2.24, 2.45) is 0 Å². The summed E-state index contributed by atoms with van der Waals surface area (Å²) in [5.41, 5.74) is 3.25. The smallest absolute Gasteiger partial charge is 0.0761 e. The summed E-state index contributed by atoms with van der Waals surface area (Å²) in [6.45, 7) is 2.59. The SMILES string of the molecule is CC(O)c1ccc(N(C)Cc2cccnc2)cc1. The van der Waals surface area contributed by atoms with Gasteiger partial charge in [0.2, 0.25) is 0 Å². The summed E-state index contributed by atoms with van der Waals surface area (Å²) in [5, 5.41) is 9.47. The molecule has 0 amide bonds. The summed E-state index contributed by atoms with van der Waals surface area (Å²) in [5.74, 6) is 0. The number of benzene rings is 1. The fourth-order valence-electron chi connectivity index (χ4n) is 1.86. The van der Waals surface area contributed by atoms with Crippen molar-refractivity contribution < 1.29 is 5.11 Å². The van der Waals surface area contributed by atoms with E-state index in [-0.39, 0.29) is 0 Å². The zero-order chi connectivity index (χ0) is 13.0. The van der Waals surface area contributed by atoms with Gasteiger partial charge in [0.15, 0.2) is 0 Å². The third-order valence-corrected chi connectivity index (χ3v) is 2.96. The van der Waals surface area contributed by atoms with Crippen LogP contribution in [0.5, 0.6) is 0 Å². The van der Waals surface area contributed by atoms with Gasteiger partial charge in [0.05, 0.1) is 6.10 Å². The van der Waals surface area contributed by atoms with Gasteiger partial charge in [-0.15, -0.1) is 0 Å². The normalized spacial score (nSPS) is 12.2. The Labute approximate surface area is 108 Å². The van der Waals surface area contributed by atoms with Crippen LogP contribution in [0.2, 0.25) is 0 Å². The van der Waals surface area contributed by atoms with Crippen molar-refractivity contribution in [3.8, 4) is 0 Å². The van der Waals surface area contributed by atoms with Crippen LogP contribution < -0.4 is 4.90 Å². The number of pyridine rings is 1. The van der Waals surface area contributed by atoms with Gasteiger partial charge in [-0.2, -0.15) is 0 Å². The number of hydrogen-bond acceptors (Lipinski definition) is 3. The van der Waals surface area contributed by atoms with Crippen LogP contribution in [0.15, 0.2) is 48.8 Å². The molecule has 1 aromatic carbocycles. The Morgan fingerprint density at radius 1 is 1.22 bits per heavy atom. The summed E-state index contributed by atoms with van der Waals surface area (Å²) in [6, 6.07) is 12.0. The fourth-order valence-corrected chi connectivity index (χ4v) is 1.86. The number of aromatic nitrogens is 1. The van der Waals surface area contributed by atoms with Crippen LogP contribution in [0.25, 0.3) is 0 Å². The highest BCUT2D eigenvalue weighted by Gasteiger charge is 2.04. The van der Waals surface area contributed by atoms with Gasteiger partial charge in [0.25, 0.3) is 0 Å². The molecular formula is C15H18N2O. The lowest BCUT2D eigenvalue weighted by molar-refractivity contribution is 0.199. The van der Waals surface area contributed by atoms with E-state index in [0.717, 1.165) is 17.8 Å². The van der Waals surface area contributed by atoms with Crippen molar-refractivity contribution in [2.75, 3.05) is 11.9 Å². The van der Waals surface area contributed by atoms with Crippen LogP contribution in [0, 0.1) is 0 Å². The maximum Gasteiger partial charge on any atom is 0.0761 e. The molecule has 1 unspecified atom stereocenters. The molecule has 2 aromatic rings. The van der Waals surface area contributed by atoms with Gasteiger partial charge in [-0.3, -0.25) is 4.98 Å². The molecule has 1 heterocycles. The molecule has 0 aliphatic heterocycles. The van der Waals surface area contributed by atoms with Crippen LogP contribution in [-0.2, 0) is 6.54 Å². The Bertz CT molecular complexity index is 480. The number of hydrogen-bond donors (Lipinski definition) is 1. The fraction of sp³-hybridized carbons (Fsp3) is 0.267. The van der Waals surface area contributed by atoms with E-state index in [1.807, 2.05) is 43.6 Å². The maximum absolute atomic E-state index is 9.47. The molecule has 0 fully saturated rings. The maximum atomic E-state index is 9.47. The highest BCUT2D eigenvalue weighted by Crippen LogP contribution is 2.19. The lowest BCUT2D eigenvalue weighted by Gasteiger charge is -2.19. The summed E-state index contributed by atoms with van der Waals surface area (Å²) >= 11 is 0. The van der Waals surface area contributed by atoms with Gasteiger partial charge in [-0.25, -0.2) is 0 Å². The third-order valence-electron chi connectivity index (χ3n) is 2.96. The number of rotatable bonds is 4. The number of nitrogens with zero attached hydrogens (tertiary/aromatic N) is 2. The van der Waals surface area contributed by atoms with Crippen LogP contribution in [0.4, 0.5) is 5.69 Å². The van der Waals surface area contributed by atoms with Gasteiger partial charge in [-0.05, 0) is 36.2 Å². The van der Waals surface area contributed by atoms with Crippen molar-refractivity contribution in [2.45, 2.75) is 19.6 Å². The molecule has 1 N–H and O–H groups in total. The van der Waals surface area contributed by atoms with Gasteiger partial charge < -0.3 is 10.0 Å². The first-order chi connectivity index (χ1) is 8.66. The van der Waals surface area contributed by atoms with Crippen molar-refractivity contribution >= 4 is 5.69 Å². The second kappa shape index (κ2) is 5.65. The molecule has 0 spiro atoms. The first-order valence-electron chi connectivity index (χ1n) is 6.05. The van der Waals surface area contributed by atoms with Crippen LogP contribution in [-0.4, -0.2) is 17.1 Å². The molecule has 1 aromatic heterocycles. The van der Waals surface area contributed by atoms with Crippen LogP contribution >= 0.6 is 0 Å². The van der Waals surface area contributed by atoms with Gasteiger partial charge in [-0.1, -0.05) is 18.2 Å². The van der Waals surface area contributed by atoms with Gasteiger partial charge in [0, 0.05) is 31.7 Å². The van der Waals surface area contributed by atoms with E-state index in [4.69, 9.17) is 0 Å². The third kappa shape index (κ3) is 3.08. The number of anilines is 1. The van der Waals surface area contributed by atoms with E-state index in [0.29, 0.717) is 0 Å². The number of aliphatic hydroxyl groups is 1. The minimum Gasteiger partial charge on any atom is -0.389 e. The summed E-state index contributed by atoms with van der Waals surface area (Å²) in [4.78, 5) is 6.26. The first-order valence-corrected chi connectivity index (χ1v) is 6.05. The predicted octanol–water partition coefficient (Wildman–Crippen LogP) is 2.77. The molecule has 3 nitrogen and oxygen atoms in total. The topological polar surface area (TPSA) is 36.4 Å². The molecule has 0 aliphatic carbocycles. The summed E-state index contributed by atoms with van der Waals surface area (Å²) in [7, 11) is 2.05. The van der Waals surface area contributed by atoms with Gasteiger partial charge >= 0.3 is 0 Å². The van der Waals surface area contributed by atoms with Crippen LogP contribution in [0.3, 0.4) is 0 Å². The Balaban J connectivity index is 2.07. The molecule has 0 saturated carbocycles. The van der Waals surface area contributed by atoms with Crippen LogP contribution in [0.1, 0.15) is 24.2 Å². The molecule has 2 rings (SSSR count). The van der Waals surface area contributed by atoms with E-state index in [2.05, 4.69) is 16.0 Å². The molecule has 3 heteroatoms. The molecule has 18 heavy (non-hydrogen) atoms. The first kappa shape index (κ1) is 12.6. The van der Waals surface area contributed by atoms with Crippen molar-refractivity contribution in [1.29, 1.82) is 0 Å². The molecular weight excluding hydrogens is 224 g/mol. The average Bonchev–Trinajstić information content (AvgIpc) is 2.40. The standard InChI is InChI=1S/C15H18N2O/c1-12(18)14-5-7-15(8-6-14)17(2)11-13-4-3-9-16-10-13/h3-10,12,18H,11H2,1-2H3. The van der Waals surface area contributed by atoms with E-state index >= 15 is 0 Å². The van der Waals surface area contributed by atoms with E-state index in [1.54, 1.807) is 13.1 Å². The minimum atomic E-state index is -0.414. The van der Waals surface area contributed by atoms with Crippen molar-refractivity contribution in [1.82, 2.24) is 4.98 Å². The quantitative estimate of drug-likeness (QED) is 0.895. The Hall–Kier alpha value is -1.87. The zero-order valence-electron chi connectivity index (χ0n) is 10.7. The monoisotopic (exact) mass is 242 g/mol. The van der Waals surface area contributed by atoms with E-state index < -0.39 is 6.10 Å². The predicted molar refractivity (Wildman–Crippen MR) is 73.4 cm³/mol. The zero-order valence-corrected chi connectivity index (χ0v) is 10.7. The van der Waals surface area contributed by atoms with Crippen molar-refractivity contribution in [3.05, 3.63) is 59.9 Å². The Morgan fingerprint density at radius 3 is 2.50 bits per heavy atom. The summed E-state index contributed by atoms with van der Waals surface area (Å²) in [6.07, 6.45) is 3.24. The highest BCUT2D eigenvalue weighted by atomic mass is 16.3. The molecule has 0 saturated heterocycles. The average molecular weight is 242 g/mol.